The van der Waals surface area contributed by atoms with Gasteiger partial charge in [-0.25, -0.2) is 0 Å². The number of rotatable bonds is 4. The van der Waals surface area contributed by atoms with Gasteiger partial charge in [0.1, 0.15) is 5.69 Å². The molecule has 18 heavy (non-hydrogen) atoms. The Bertz CT molecular complexity index is 489. The zero-order chi connectivity index (χ0) is 13.3. The lowest BCUT2D eigenvalue weighted by molar-refractivity contribution is 0.0833. The van der Waals surface area contributed by atoms with Crippen molar-refractivity contribution in [1.82, 2.24) is 9.97 Å². The summed E-state index contributed by atoms with van der Waals surface area (Å²) in [7, 11) is 0. The fourth-order valence-electron chi connectivity index (χ4n) is 2.04. The minimum atomic E-state index is -0.789. The summed E-state index contributed by atoms with van der Waals surface area (Å²) in [6, 6.07) is -0.0744. The maximum atomic E-state index is 11.6. The highest BCUT2D eigenvalue weighted by Crippen LogP contribution is 2.28. The minimum absolute atomic E-state index is 0.0577. The van der Waals surface area contributed by atoms with Crippen molar-refractivity contribution in [1.29, 1.82) is 0 Å². The quantitative estimate of drug-likeness (QED) is 0.451. The van der Waals surface area contributed by atoms with E-state index in [0.717, 1.165) is 0 Å². The molecule has 0 bridgehead atoms. The summed E-state index contributed by atoms with van der Waals surface area (Å²) in [5.41, 5.74) is 5.58. The standard InChI is InChI=1S/C10H17N5O3/c1-5(2-6(17)3-16)15-4-12-7-8(15)13-10(11)14-9(7)18/h5-6,12,16-17H,2-4H2,1H3,(H3,11,13,14,18). The van der Waals surface area contributed by atoms with Crippen LogP contribution in [0.4, 0.5) is 17.5 Å². The van der Waals surface area contributed by atoms with Gasteiger partial charge < -0.3 is 26.2 Å². The molecule has 2 atom stereocenters. The average molecular weight is 255 g/mol. The molecule has 0 fully saturated rings. The van der Waals surface area contributed by atoms with Gasteiger partial charge in [0.25, 0.3) is 5.56 Å². The van der Waals surface area contributed by atoms with Crippen molar-refractivity contribution in [2.75, 3.05) is 29.2 Å². The van der Waals surface area contributed by atoms with Crippen LogP contribution in [-0.4, -0.2) is 45.6 Å². The smallest absolute Gasteiger partial charge is 0.277 e. The van der Waals surface area contributed by atoms with E-state index in [2.05, 4.69) is 15.3 Å². The SMILES string of the molecule is CC(CC(O)CO)N1CNc2c1nc(N)[nH]c2=O. The van der Waals surface area contributed by atoms with Crippen LogP contribution < -0.4 is 21.5 Å². The second-order valence-electron chi connectivity index (χ2n) is 4.38. The normalized spacial score (nSPS) is 17.2. The number of nitrogens with zero attached hydrogens (tertiary/aromatic N) is 2. The number of nitrogens with two attached hydrogens (primary N) is 1. The number of anilines is 3. The Kier molecular flexibility index (Phi) is 3.39. The molecule has 100 valence electrons. The van der Waals surface area contributed by atoms with Crippen molar-refractivity contribution in [3.05, 3.63) is 10.4 Å². The Hall–Kier alpha value is -1.80. The summed E-state index contributed by atoms with van der Waals surface area (Å²) in [4.78, 5) is 20.0. The van der Waals surface area contributed by atoms with Crippen molar-refractivity contribution >= 4 is 17.5 Å². The molecule has 1 aliphatic heterocycles. The number of H-pyrrole nitrogens is 1. The van der Waals surface area contributed by atoms with Crippen LogP contribution in [0.2, 0.25) is 0 Å². The number of aliphatic hydroxyl groups excluding tert-OH is 2. The molecule has 0 saturated carbocycles. The van der Waals surface area contributed by atoms with Gasteiger partial charge in [-0.1, -0.05) is 0 Å². The van der Waals surface area contributed by atoms with E-state index in [-0.39, 0.29) is 24.2 Å². The van der Waals surface area contributed by atoms with Crippen LogP contribution in [-0.2, 0) is 0 Å². The van der Waals surface area contributed by atoms with Gasteiger partial charge in [-0.15, -0.1) is 0 Å². The summed E-state index contributed by atoms with van der Waals surface area (Å²) in [6.45, 7) is 2.02. The van der Waals surface area contributed by atoms with Crippen LogP contribution in [0.1, 0.15) is 13.3 Å². The molecule has 1 aromatic rings. The second-order valence-corrected chi connectivity index (χ2v) is 4.38. The van der Waals surface area contributed by atoms with Gasteiger partial charge in [-0.05, 0) is 13.3 Å². The first-order chi connectivity index (χ1) is 8.52. The van der Waals surface area contributed by atoms with Crippen LogP contribution in [0.15, 0.2) is 4.79 Å². The predicted octanol–water partition coefficient (Wildman–Crippen LogP) is -1.33. The van der Waals surface area contributed by atoms with Crippen LogP contribution >= 0.6 is 0 Å². The number of nitrogens with one attached hydrogen (secondary N) is 2. The number of fused-ring (bicyclic) bond motifs is 1. The maximum absolute atomic E-state index is 11.6. The molecule has 6 N–H and O–H groups in total. The molecular weight excluding hydrogens is 238 g/mol. The molecule has 0 aromatic carbocycles. The molecule has 2 unspecified atom stereocenters. The van der Waals surface area contributed by atoms with Gasteiger partial charge in [0.15, 0.2) is 5.82 Å². The molecular formula is C10H17N5O3. The first kappa shape index (κ1) is 12.7. The van der Waals surface area contributed by atoms with Gasteiger partial charge in [-0.3, -0.25) is 9.78 Å². The highest BCUT2D eigenvalue weighted by molar-refractivity contribution is 5.71. The van der Waals surface area contributed by atoms with Crippen molar-refractivity contribution in [2.24, 2.45) is 0 Å². The average Bonchev–Trinajstić information content (AvgIpc) is 2.72. The molecule has 0 spiro atoms. The molecule has 8 heteroatoms. The number of hydrogen-bond donors (Lipinski definition) is 5. The minimum Gasteiger partial charge on any atom is -0.394 e. The highest BCUT2D eigenvalue weighted by Gasteiger charge is 2.28. The third-order valence-electron chi connectivity index (χ3n) is 2.97. The number of aromatic amines is 1. The molecule has 2 rings (SSSR count). The van der Waals surface area contributed by atoms with Crippen molar-refractivity contribution < 1.29 is 10.2 Å². The van der Waals surface area contributed by atoms with E-state index >= 15 is 0 Å². The van der Waals surface area contributed by atoms with Gasteiger partial charge in [0.2, 0.25) is 5.95 Å². The zero-order valence-corrected chi connectivity index (χ0v) is 10.1. The number of nitrogen functional groups attached to an aromatic ring is 1. The van der Waals surface area contributed by atoms with Crippen LogP contribution in [0.25, 0.3) is 0 Å². The van der Waals surface area contributed by atoms with E-state index < -0.39 is 6.10 Å². The number of aromatic nitrogens is 2. The van der Waals surface area contributed by atoms with Crippen molar-refractivity contribution in [3.8, 4) is 0 Å². The summed E-state index contributed by atoms with van der Waals surface area (Å²) in [6.07, 6.45) is -0.408. The number of aliphatic hydroxyl groups is 2. The van der Waals surface area contributed by atoms with E-state index in [1.165, 1.54) is 0 Å². The molecule has 1 aliphatic rings. The zero-order valence-electron chi connectivity index (χ0n) is 10.1. The molecule has 0 saturated heterocycles. The van der Waals surface area contributed by atoms with Gasteiger partial charge in [0, 0.05) is 6.04 Å². The molecule has 8 nitrogen and oxygen atoms in total. The second kappa shape index (κ2) is 4.83. The van der Waals surface area contributed by atoms with E-state index in [1.807, 2.05) is 11.8 Å². The Morgan fingerprint density at radius 1 is 1.61 bits per heavy atom. The monoisotopic (exact) mass is 255 g/mol. The topological polar surface area (TPSA) is 128 Å². The van der Waals surface area contributed by atoms with Gasteiger partial charge >= 0.3 is 0 Å². The first-order valence-corrected chi connectivity index (χ1v) is 5.72. The van der Waals surface area contributed by atoms with E-state index in [1.54, 1.807) is 0 Å². The van der Waals surface area contributed by atoms with Crippen molar-refractivity contribution in [2.45, 2.75) is 25.5 Å². The molecule has 0 radical (unpaired) electrons. The van der Waals surface area contributed by atoms with Crippen LogP contribution in [0.5, 0.6) is 0 Å². The highest BCUT2D eigenvalue weighted by atomic mass is 16.3. The molecule has 0 amide bonds. The van der Waals surface area contributed by atoms with E-state index in [4.69, 9.17) is 10.8 Å². The Labute approximate surface area is 103 Å². The fraction of sp³-hybridized carbons (Fsp3) is 0.600. The van der Waals surface area contributed by atoms with Gasteiger partial charge in [-0.2, -0.15) is 4.98 Å². The lowest BCUT2D eigenvalue weighted by Gasteiger charge is -2.26. The maximum Gasteiger partial charge on any atom is 0.277 e. The van der Waals surface area contributed by atoms with E-state index in [0.29, 0.717) is 24.6 Å². The molecule has 1 aromatic heterocycles. The molecule has 0 aliphatic carbocycles. The van der Waals surface area contributed by atoms with Crippen LogP contribution in [0, 0.1) is 0 Å². The lowest BCUT2D eigenvalue weighted by atomic mass is 10.1. The fourth-order valence-corrected chi connectivity index (χ4v) is 2.04. The number of hydrogen-bond acceptors (Lipinski definition) is 7. The van der Waals surface area contributed by atoms with E-state index in [9.17, 15) is 9.90 Å². The lowest BCUT2D eigenvalue weighted by Crippen LogP contribution is -2.36. The Morgan fingerprint density at radius 2 is 2.33 bits per heavy atom. The van der Waals surface area contributed by atoms with Crippen LogP contribution in [0.3, 0.4) is 0 Å². The third-order valence-corrected chi connectivity index (χ3v) is 2.97. The van der Waals surface area contributed by atoms with Crippen molar-refractivity contribution in [3.63, 3.8) is 0 Å². The summed E-state index contributed by atoms with van der Waals surface area (Å²) >= 11 is 0. The first-order valence-electron chi connectivity index (χ1n) is 5.72. The Morgan fingerprint density at radius 3 is 3.00 bits per heavy atom. The summed E-state index contributed by atoms with van der Waals surface area (Å²) in [5, 5.41) is 21.2. The summed E-state index contributed by atoms with van der Waals surface area (Å²) < 4.78 is 0. The third kappa shape index (κ3) is 2.24. The largest absolute Gasteiger partial charge is 0.394 e. The predicted molar refractivity (Wildman–Crippen MR) is 67.4 cm³/mol. The molecule has 2 heterocycles. The summed E-state index contributed by atoms with van der Waals surface area (Å²) in [5.74, 6) is 0.538. The van der Waals surface area contributed by atoms with Gasteiger partial charge in [0.05, 0.1) is 19.4 Å². The Balaban J connectivity index is 2.23.